The number of hydrogen-bond donors (Lipinski definition) is 0. The summed E-state index contributed by atoms with van der Waals surface area (Å²) in [5.41, 5.74) is 2.66. The second kappa shape index (κ2) is 6.79. The van der Waals surface area contributed by atoms with Crippen LogP contribution in [0.15, 0.2) is 18.2 Å². The molecule has 0 spiro atoms. The summed E-state index contributed by atoms with van der Waals surface area (Å²) in [4.78, 5) is 14.0. The highest BCUT2D eigenvalue weighted by molar-refractivity contribution is 6.47. The second-order valence-corrected chi connectivity index (χ2v) is 8.36. The van der Waals surface area contributed by atoms with E-state index in [1.807, 2.05) is 34.3 Å². The highest BCUT2D eigenvalue weighted by Gasteiger charge is 2.28. The van der Waals surface area contributed by atoms with Crippen LogP contribution in [0.2, 0.25) is 0 Å². The van der Waals surface area contributed by atoms with E-state index in [9.17, 15) is 4.79 Å². The van der Waals surface area contributed by atoms with Gasteiger partial charge in [0.2, 0.25) is 0 Å². The Labute approximate surface area is 148 Å². The van der Waals surface area contributed by atoms with Gasteiger partial charge in [0.15, 0.2) is 0 Å². The van der Waals surface area contributed by atoms with Crippen molar-refractivity contribution in [2.75, 3.05) is 0 Å². The van der Waals surface area contributed by atoms with E-state index < -0.39 is 5.60 Å². The minimum Gasteiger partial charge on any atom is -0.444 e. The highest BCUT2D eigenvalue weighted by Crippen LogP contribution is 2.24. The third-order valence-corrected chi connectivity index (χ3v) is 4.49. The van der Waals surface area contributed by atoms with E-state index in [0.717, 1.165) is 11.0 Å². The Bertz CT molecular complexity index is 611. The fraction of sp³-hybridized carbons (Fsp3) is 0.632. The lowest BCUT2D eigenvalue weighted by Gasteiger charge is -2.30. The number of carbonyl (C=O) groups excluding carboxylic acids is 1. The van der Waals surface area contributed by atoms with Gasteiger partial charge in [0.05, 0.1) is 0 Å². The standard InChI is InChI=1S/C19H29BNO3.H2/c1-13(2)19(6,7)24-20-16-9-8-14-11-21(12-15(14)10-16)17(22)23-18(3,4)5;/h8-10,13H,11-12H2,1-7H3;1H. The molecule has 0 saturated carbocycles. The average Bonchev–Trinajstić information content (AvgIpc) is 2.86. The van der Waals surface area contributed by atoms with Crippen molar-refractivity contribution in [3.05, 3.63) is 29.3 Å². The van der Waals surface area contributed by atoms with Crippen molar-refractivity contribution in [1.29, 1.82) is 0 Å². The normalized spacial score (nSPS) is 14.8. The lowest BCUT2D eigenvalue weighted by atomic mass is 9.83. The quantitative estimate of drug-likeness (QED) is 0.786. The molecule has 1 amide bonds. The van der Waals surface area contributed by atoms with E-state index in [4.69, 9.17) is 9.39 Å². The van der Waals surface area contributed by atoms with E-state index in [1.54, 1.807) is 4.90 Å². The maximum atomic E-state index is 12.2. The Kier molecular flexibility index (Phi) is 5.33. The summed E-state index contributed by atoms with van der Waals surface area (Å²) in [6.45, 7) is 15.3. The van der Waals surface area contributed by atoms with E-state index in [2.05, 4.69) is 39.8 Å². The molecule has 0 bridgehead atoms. The summed E-state index contributed by atoms with van der Waals surface area (Å²) >= 11 is 0. The number of rotatable bonds is 4. The molecule has 24 heavy (non-hydrogen) atoms. The zero-order valence-electron chi connectivity index (χ0n) is 16.0. The van der Waals surface area contributed by atoms with Crippen molar-refractivity contribution in [2.24, 2.45) is 5.92 Å². The fourth-order valence-corrected chi connectivity index (χ4v) is 2.30. The minimum atomic E-state index is -0.471. The van der Waals surface area contributed by atoms with Gasteiger partial charge in [-0.2, -0.15) is 0 Å². The topological polar surface area (TPSA) is 38.8 Å². The summed E-state index contributed by atoms with van der Waals surface area (Å²) in [5.74, 6) is 0.422. The zero-order valence-corrected chi connectivity index (χ0v) is 16.0. The SMILES string of the molecule is CC(C)C(C)(C)O[B]c1ccc2c(c1)CN(C(=O)OC(C)(C)C)C2.[HH]. The molecule has 1 heterocycles. The molecule has 0 unspecified atom stereocenters. The Morgan fingerprint density at radius 1 is 1.17 bits per heavy atom. The number of hydrogen-bond acceptors (Lipinski definition) is 3. The lowest BCUT2D eigenvalue weighted by Crippen LogP contribution is -2.36. The van der Waals surface area contributed by atoms with Gasteiger partial charge < -0.3 is 9.39 Å². The number of fused-ring (bicyclic) bond motifs is 1. The van der Waals surface area contributed by atoms with Crippen LogP contribution in [0, 0.1) is 5.92 Å². The third kappa shape index (κ3) is 4.76. The van der Waals surface area contributed by atoms with Crippen molar-refractivity contribution in [1.82, 2.24) is 4.90 Å². The lowest BCUT2D eigenvalue weighted by molar-refractivity contribution is 0.0242. The molecule has 0 saturated heterocycles. The van der Waals surface area contributed by atoms with E-state index in [0.29, 0.717) is 19.0 Å². The molecular weight excluding hydrogens is 301 g/mol. The molecule has 0 N–H and O–H groups in total. The molecule has 1 aliphatic rings. The Morgan fingerprint density at radius 3 is 2.38 bits per heavy atom. The summed E-state index contributed by atoms with van der Waals surface area (Å²) in [5, 5.41) is 0. The molecule has 0 aromatic heterocycles. The van der Waals surface area contributed by atoms with Gasteiger partial charge in [0.25, 0.3) is 0 Å². The van der Waals surface area contributed by atoms with Gasteiger partial charge in [-0.15, -0.1) is 0 Å². The second-order valence-electron chi connectivity index (χ2n) is 8.36. The van der Waals surface area contributed by atoms with Gasteiger partial charge in [0.1, 0.15) is 5.60 Å². The molecule has 2 rings (SSSR count). The zero-order chi connectivity index (χ0) is 18.1. The van der Waals surface area contributed by atoms with Gasteiger partial charge >= 0.3 is 13.6 Å². The van der Waals surface area contributed by atoms with E-state index in [1.165, 1.54) is 5.56 Å². The van der Waals surface area contributed by atoms with Gasteiger partial charge in [-0.25, -0.2) is 4.79 Å². The Hall–Kier alpha value is -1.49. The fourth-order valence-electron chi connectivity index (χ4n) is 2.30. The highest BCUT2D eigenvalue weighted by atomic mass is 16.6. The molecule has 0 atom stereocenters. The van der Waals surface area contributed by atoms with Crippen LogP contribution in [0.3, 0.4) is 0 Å². The monoisotopic (exact) mass is 332 g/mol. The van der Waals surface area contributed by atoms with Gasteiger partial charge in [-0.1, -0.05) is 37.5 Å². The Morgan fingerprint density at radius 2 is 1.79 bits per heavy atom. The van der Waals surface area contributed by atoms with Crippen molar-refractivity contribution in [2.45, 2.75) is 72.8 Å². The van der Waals surface area contributed by atoms with Crippen molar-refractivity contribution >= 4 is 19.0 Å². The predicted octanol–water partition coefficient (Wildman–Crippen LogP) is 3.88. The summed E-state index contributed by atoms with van der Waals surface area (Å²) in [6.07, 6.45) is -0.263. The molecular formula is C19H31BNO3. The molecule has 1 aliphatic heterocycles. The maximum Gasteiger partial charge on any atom is 0.410 e. The molecule has 5 heteroatoms. The molecule has 1 aromatic carbocycles. The summed E-state index contributed by atoms with van der Waals surface area (Å²) in [6, 6.07) is 6.20. The molecule has 0 aliphatic carbocycles. The van der Waals surface area contributed by atoms with E-state index >= 15 is 0 Å². The number of amides is 1. The van der Waals surface area contributed by atoms with Crippen LogP contribution < -0.4 is 5.46 Å². The van der Waals surface area contributed by atoms with Crippen LogP contribution >= 0.6 is 0 Å². The summed E-state index contributed by atoms with van der Waals surface area (Å²) in [7, 11) is 1.82. The van der Waals surface area contributed by atoms with Crippen LogP contribution in [0.1, 0.15) is 61.0 Å². The van der Waals surface area contributed by atoms with Crippen molar-refractivity contribution < 1.29 is 15.6 Å². The summed E-state index contributed by atoms with van der Waals surface area (Å²) < 4.78 is 11.4. The van der Waals surface area contributed by atoms with Gasteiger partial charge in [0, 0.05) is 20.1 Å². The third-order valence-electron chi connectivity index (χ3n) is 4.49. The molecule has 1 aromatic rings. The van der Waals surface area contributed by atoms with Crippen molar-refractivity contribution in [3.63, 3.8) is 0 Å². The van der Waals surface area contributed by atoms with Crippen LogP contribution in [-0.4, -0.2) is 29.7 Å². The first kappa shape index (κ1) is 18.8. The average molecular weight is 332 g/mol. The molecule has 0 fully saturated rings. The van der Waals surface area contributed by atoms with Crippen LogP contribution in [0.4, 0.5) is 4.79 Å². The molecule has 1 radical (unpaired) electrons. The molecule has 133 valence electrons. The van der Waals surface area contributed by atoms with Gasteiger partial charge in [-0.05, 0) is 51.7 Å². The minimum absolute atomic E-state index is 0. The maximum absolute atomic E-state index is 12.2. The first-order valence-electron chi connectivity index (χ1n) is 8.59. The first-order chi connectivity index (χ1) is 11.0. The molecule has 4 nitrogen and oxygen atoms in total. The van der Waals surface area contributed by atoms with Crippen LogP contribution in [0.5, 0.6) is 0 Å². The van der Waals surface area contributed by atoms with Gasteiger partial charge in [-0.3, -0.25) is 4.90 Å². The van der Waals surface area contributed by atoms with Crippen LogP contribution in [0.25, 0.3) is 0 Å². The van der Waals surface area contributed by atoms with Crippen LogP contribution in [-0.2, 0) is 22.5 Å². The van der Waals surface area contributed by atoms with E-state index in [-0.39, 0.29) is 13.1 Å². The predicted molar refractivity (Wildman–Crippen MR) is 99.4 cm³/mol. The first-order valence-corrected chi connectivity index (χ1v) is 8.59. The number of carbonyl (C=O) groups is 1. The van der Waals surface area contributed by atoms with Crippen molar-refractivity contribution in [3.8, 4) is 0 Å². The Balaban J connectivity index is 0.00000312. The number of nitrogens with zero attached hydrogens (tertiary/aromatic N) is 1. The largest absolute Gasteiger partial charge is 0.444 e. The number of ether oxygens (including phenoxy) is 1. The number of benzene rings is 1. The smallest absolute Gasteiger partial charge is 0.410 e.